The zero-order valence-corrected chi connectivity index (χ0v) is 24.5. The summed E-state index contributed by atoms with van der Waals surface area (Å²) in [5.41, 5.74) is 2.23. The number of fused-ring (bicyclic) bond motifs is 5. The number of aromatic nitrogens is 2. The molecule has 0 radical (unpaired) electrons. The van der Waals surface area contributed by atoms with Crippen LogP contribution < -0.4 is 10.9 Å². The van der Waals surface area contributed by atoms with E-state index >= 15 is 4.39 Å². The first-order valence-electron chi connectivity index (χ1n) is 14.3. The van der Waals surface area contributed by atoms with E-state index < -0.39 is 29.3 Å². The molecule has 4 heterocycles. The van der Waals surface area contributed by atoms with E-state index in [4.69, 9.17) is 9.72 Å². The third kappa shape index (κ3) is 4.33. The van der Waals surface area contributed by atoms with E-state index in [0.717, 1.165) is 22.1 Å². The molecule has 1 aliphatic carbocycles. The first kappa shape index (κ1) is 28.4. The van der Waals surface area contributed by atoms with E-state index in [2.05, 4.69) is 5.32 Å². The third-order valence-electron chi connectivity index (χ3n) is 8.89. The molecule has 42 heavy (non-hydrogen) atoms. The van der Waals surface area contributed by atoms with Gasteiger partial charge in [0.05, 0.1) is 62.6 Å². The van der Waals surface area contributed by atoms with Crippen LogP contribution in [0.1, 0.15) is 65.6 Å². The molecule has 3 atom stereocenters. The fourth-order valence-corrected chi connectivity index (χ4v) is 6.86. The minimum atomic E-state index is -1.96. The van der Waals surface area contributed by atoms with Gasteiger partial charge in [0.1, 0.15) is 25.1 Å². The van der Waals surface area contributed by atoms with Crippen molar-refractivity contribution in [1.29, 1.82) is 0 Å². The number of aryl methyl sites for hydroxylation is 1. The zero-order chi connectivity index (χ0) is 30.3. The second-order valence-electron chi connectivity index (χ2n) is 12.8. The number of rotatable bonds is 6. The van der Waals surface area contributed by atoms with Gasteiger partial charge in [-0.1, -0.05) is 6.92 Å². The van der Waals surface area contributed by atoms with Crippen LogP contribution in [0.25, 0.3) is 22.3 Å². The smallest absolute Gasteiger partial charge is 0.343 e. The van der Waals surface area contributed by atoms with Crippen LogP contribution in [0.4, 0.5) is 4.39 Å². The number of ether oxygens (including phenoxy) is 1. The number of hydrogen-bond donors (Lipinski definition) is 3. The van der Waals surface area contributed by atoms with Gasteiger partial charge < -0.3 is 29.3 Å². The SMILES string of the molecule is CC[C@@]1(O)C(=O)OCc2c1cc1n(c2=O)Cc2c-1nc1cc(F)c(C)c3c1c2[C@@H](NC(=O)C[C@@H](O)C[N+](C)(C)C)CC3. The fourth-order valence-electron chi connectivity index (χ4n) is 6.86. The number of aliphatic hydroxyl groups is 2. The number of amides is 1. The Morgan fingerprint density at radius 2 is 2.00 bits per heavy atom. The quantitative estimate of drug-likeness (QED) is 0.236. The normalized spacial score (nSPS) is 21.4. The number of esters is 1. The van der Waals surface area contributed by atoms with Gasteiger partial charge in [-0.3, -0.25) is 9.59 Å². The average molecular weight is 580 g/mol. The molecule has 1 aromatic carbocycles. The van der Waals surface area contributed by atoms with Crippen molar-refractivity contribution in [3.05, 3.63) is 61.7 Å². The maximum absolute atomic E-state index is 15.1. The van der Waals surface area contributed by atoms with E-state index in [1.54, 1.807) is 24.5 Å². The van der Waals surface area contributed by atoms with E-state index in [-0.39, 0.29) is 48.8 Å². The van der Waals surface area contributed by atoms with Gasteiger partial charge in [-0.15, -0.1) is 0 Å². The predicted molar refractivity (Wildman–Crippen MR) is 152 cm³/mol. The van der Waals surface area contributed by atoms with Crippen LogP contribution in [0.3, 0.4) is 0 Å². The molecule has 11 heteroatoms. The molecule has 0 saturated carbocycles. The maximum Gasteiger partial charge on any atom is 0.343 e. The lowest BCUT2D eigenvalue weighted by Crippen LogP contribution is -2.44. The number of pyridine rings is 2. The number of hydrogen-bond acceptors (Lipinski definition) is 7. The first-order valence-corrected chi connectivity index (χ1v) is 14.3. The Labute approximate surface area is 242 Å². The van der Waals surface area contributed by atoms with Crippen LogP contribution in [-0.4, -0.2) is 69.9 Å². The second-order valence-corrected chi connectivity index (χ2v) is 12.8. The van der Waals surface area contributed by atoms with E-state index in [1.807, 2.05) is 21.1 Å². The van der Waals surface area contributed by atoms with Gasteiger partial charge in [-0.2, -0.15) is 0 Å². The molecule has 0 spiro atoms. The Bertz CT molecular complexity index is 1740. The summed E-state index contributed by atoms with van der Waals surface area (Å²) in [6, 6.07) is 2.56. The molecular weight excluding hydrogens is 543 g/mol. The van der Waals surface area contributed by atoms with Gasteiger partial charge in [-0.25, -0.2) is 14.2 Å². The number of quaternary nitrogens is 1. The topological polar surface area (TPSA) is 131 Å². The van der Waals surface area contributed by atoms with Gasteiger partial charge in [0.15, 0.2) is 5.60 Å². The van der Waals surface area contributed by atoms with Crippen molar-refractivity contribution in [1.82, 2.24) is 14.9 Å². The number of nitrogens with one attached hydrogen (secondary N) is 1. The van der Waals surface area contributed by atoms with Crippen molar-refractivity contribution < 1.29 is 33.4 Å². The Balaban J connectivity index is 1.50. The van der Waals surface area contributed by atoms with E-state index in [1.165, 1.54) is 6.07 Å². The number of aliphatic hydroxyl groups excluding tert-OH is 1. The molecule has 1 amide bonds. The van der Waals surface area contributed by atoms with Crippen LogP contribution >= 0.6 is 0 Å². The van der Waals surface area contributed by atoms with Gasteiger partial charge in [-0.05, 0) is 48.9 Å². The van der Waals surface area contributed by atoms with Crippen LogP contribution in [0.15, 0.2) is 16.9 Å². The van der Waals surface area contributed by atoms with Crippen molar-refractivity contribution in [2.75, 3.05) is 27.7 Å². The lowest BCUT2D eigenvalue weighted by atomic mass is 9.81. The van der Waals surface area contributed by atoms with E-state index in [0.29, 0.717) is 46.3 Å². The maximum atomic E-state index is 15.1. The number of benzene rings is 1. The summed E-state index contributed by atoms with van der Waals surface area (Å²) in [5, 5.41) is 25.6. The van der Waals surface area contributed by atoms with Gasteiger partial charge in [0.25, 0.3) is 5.56 Å². The summed E-state index contributed by atoms with van der Waals surface area (Å²) in [5.74, 6) is -1.49. The second kappa shape index (κ2) is 9.68. The fraction of sp³-hybridized carbons (Fsp3) is 0.484. The zero-order valence-electron chi connectivity index (χ0n) is 24.5. The van der Waals surface area contributed by atoms with Crippen molar-refractivity contribution in [2.45, 2.75) is 70.4 Å². The Morgan fingerprint density at radius 1 is 1.26 bits per heavy atom. The minimum absolute atomic E-state index is 0.0207. The summed E-state index contributed by atoms with van der Waals surface area (Å²) in [4.78, 5) is 44.3. The van der Waals surface area contributed by atoms with Crippen LogP contribution in [0.2, 0.25) is 0 Å². The Morgan fingerprint density at radius 3 is 2.69 bits per heavy atom. The third-order valence-corrected chi connectivity index (χ3v) is 8.89. The molecule has 0 bridgehead atoms. The molecule has 0 saturated heterocycles. The lowest BCUT2D eigenvalue weighted by Gasteiger charge is -2.31. The van der Waals surface area contributed by atoms with Crippen LogP contribution in [0, 0.1) is 12.7 Å². The molecular formula is C31H36FN4O6+. The van der Waals surface area contributed by atoms with Crippen molar-refractivity contribution in [2.24, 2.45) is 0 Å². The molecule has 6 rings (SSSR count). The number of nitrogens with zero attached hydrogens (tertiary/aromatic N) is 3. The summed E-state index contributed by atoms with van der Waals surface area (Å²) in [6.07, 6.45) is 0.182. The molecule has 3 aromatic rings. The highest BCUT2D eigenvalue weighted by atomic mass is 19.1. The largest absolute Gasteiger partial charge is 0.458 e. The molecule has 222 valence electrons. The number of cyclic esters (lactones) is 1. The summed E-state index contributed by atoms with van der Waals surface area (Å²) < 4.78 is 22.3. The molecule has 0 fully saturated rings. The van der Waals surface area contributed by atoms with Gasteiger partial charge >= 0.3 is 5.97 Å². The predicted octanol–water partition coefficient (Wildman–Crippen LogP) is 2.09. The molecule has 0 unspecified atom stereocenters. The summed E-state index contributed by atoms with van der Waals surface area (Å²) in [6.45, 7) is 3.71. The number of carbonyl (C=O) groups excluding carboxylic acids is 2. The standard InChI is InChI=1S/C31H35FN4O6/c1-6-31(41)20-10-24-28-18(12-35(24)29(39)19(20)14-42-30(31)40)27-22(33-25(38)9-16(37)13-36(3,4)5)8-7-17-15(2)21(32)11-23(34-28)26(17)27/h10-11,16,22,37,41H,6-9,12-14H2,1-5H3/p+1/t16-,22+,31+/m1/s1. The number of halogens is 1. The molecule has 2 aliphatic heterocycles. The first-order chi connectivity index (χ1) is 19.7. The molecule has 3 N–H and O–H groups in total. The molecule has 2 aromatic heterocycles. The van der Waals surface area contributed by atoms with Crippen molar-refractivity contribution in [3.8, 4) is 11.4 Å². The Hall–Kier alpha value is -3.67. The van der Waals surface area contributed by atoms with Gasteiger partial charge in [0.2, 0.25) is 5.91 Å². The summed E-state index contributed by atoms with van der Waals surface area (Å²) >= 11 is 0. The average Bonchev–Trinajstić information content (AvgIpc) is 3.27. The lowest BCUT2D eigenvalue weighted by molar-refractivity contribution is -0.873. The highest BCUT2D eigenvalue weighted by Gasteiger charge is 2.46. The van der Waals surface area contributed by atoms with Crippen molar-refractivity contribution >= 4 is 22.8 Å². The summed E-state index contributed by atoms with van der Waals surface area (Å²) in [7, 11) is 5.83. The Kier molecular flexibility index (Phi) is 6.56. The minimum Gasteiger partial charge on any atom is -0.458 e. The van der Waals surface area contributed by atoms with E-state index in [9.17, 15) is 24.6 Å². The van der Waals surface area contributed by atoms with Crippen LogP contribution in [-0.2, 0) is 39.5 Å². The van der Waals surface area contributed by atoms with Crippen molar-refractivity contribution in [3.63, 3.8) is 0 Å². The van der Waals surface area contributed by atoms with Crippen LogP contribution in [0.5, 0.6) is 0 Å². The highest BCUT2D eigenvalue weighted by Crippen LogP contribution is 2.46. The van der Waals surface area contributed by atoms with Gasteiger partial charge in [0, 0.05) is 22.6 Å². The molecule has 10 nitrogen and oxygen atoms in total. The number of carbonyl (C=O) groups is 2. The highest BCUT2D eigenvalue weighted by molar-refractivity contribution is 5.94. The molecule has 3 aliphatic rings. The number of likely N-dealkylation sites (N-methyl/N-ethyl adjacent to an activating group) is 1. The monoisotopic (exact) mass is 579 g/mol.